The maximum atomic E-state index is 13.9. The molecule has 6 heteroatoms. The molecule has 1 aliphatic carbocycles. The van der Waals surface area contributed by atoms with Crippen molar-refractivity contribution in [3.05, 3.63) is 29.6 Å². The number of anilines is 1. The van der Waals surface area contributed by atoms with Gasteiger partial charge in [0.25, 0.3) is 0 Å². The molecule has 1 saturated carbocycles. The van der Waals surface area contributed by atoms with Crippen LogP contribution in [0.4, 0.5) is 23.2 Å². The molecule has 1 aromatic carbocycles. The van der Waals surface area contributed by atoms with Gasteiger partial charge >= 0.3 is 6.18 Å². The second-order valence-corrected chi connectivity index (χ2v) is 4.99. The highest BCUT2D eigenvalue weighted by atomic mass is 19.4. The lowest BCUT2D eigenvalue weighted by molar-refractivity contribution is -0.120. The third-order valence-corrected chi connectivity index (χ3v) is 3.29. The second kappa shape index (κ2) is 5.99. The fourth-order valence-electron chi connectivity index (χ4n) is 2.23. The molecule has 0 saturated heterocycles. The van der Waals surface area contributed by atoms with E-state index in [1.54, 1.807) is 6.07 Å². The van der Waals surface area contributed by atoms with Crippen LogP contribution in [0.25, 0.3) is 0 Å². The van der Waals surface area contributed by atoms with Gasteiger partial charge in [-0.1, -0.05) is 13.0 Å². The summed E-state index contributed by atoms with van der Waals surface area (Å²) in [5, 5.41) is 2.97. The minimum Gasteiger partial charge on any atom is -0.359 e. The van der Waals surface area contributed by atoms with Crippen LogP contribution >= 0.6 is 0 Å². The maximum Gasteiger partial charge on any atom is 0.405 e. The lowest BCUT2D eigenvalue weighted by Crippen LogP contribution is -2.37. The molecule has 1 aliphatic rings. The number of rotatable bonds is 6. The zero-order chi connectivity index (χ0) is 14.8. The zero-order valence-corrected chi connectivity index (χ0v) is 11.3. The monoisotopic (exact) mass is 290 g/mol. The van der Waals surface area contributed by atoms with E-state index >= 15 is 0 Å². The molecular weight excluding hydrogens is 272 g/mol. The van der Waals surface area contributed by atoms with Crippen molar-refractivity contribution < 1.29 is 17.6 Å². The fraction of sp³-hybridized carbons (Fsp3) is 0.571. The molecule has 2 rings (SSSR count). The van der Waals surface area contributed by atoms with Crippen LogP contribution in [-0.4, -0.2) is 25.3 Å². The fourth-order valence-corrected chi connectivity index (χ4v) is 2.23. The van der Waals surface area contributed by atoms with Gasteiger partial charge in [-0.25, -0.2) is 4.39 Å². The van der Waals surface area contributed by atoms with E-state index in [1.807, 2.05) is 6.92 Å². The van der Waals surface area contributed by atoms with Crippen molar-refractivity contribution in [2.75, 3.05) is 18.0 Å². The number of nitrogens with zero attached hydrogens (tertiary/aromatic N) is 1. The van der Waals surface area contributed by atoms with Crippen molar-refractivity contribution in [2.24, 2.45) is 0 Å². The number of nitrogens with one attached hydrogen (secondary N) is 1. The molecule has 0 aromatic heterocycles. The van der Waals surface area contributed by atoms with Crippen molar-refractivity contribution in [1.82, 2.24) is 5.32 Å². The number of hydrogen-bond donors (Lipinski definition) is 1. The van der Waals surface area contributed by atoms with Crippen molar-refractivity contribution in [3.63, 3.8) is 0 Å². The predicted molar refractivity (Wildman–Crippen MR) is 70.2 cm³/mol. The summed E-state index contributed by atoms with van der Waals surface area (Å²) in [4.78, 5) is 1.29. The summed E-state index contributed by atoms with van der Waals surface area (Å²) in [6.07, 6.45) is -2.83. The first-order valence-electron chi connectivity index (χ1n) is 6.74. The first-order chi connectivity index (χ1) is 9.42. The molecule has 1 N–H and O–H groups in total. The second-order valence-electron chi connectivity index (χ2n) is 4.99. The summed E-state index contributed by atoms with van der Waals surface area (Å²) in [6.45, 7) is 1.71. The van der Waals surface area contributed by atoms with Gasteiger partial charge in [0, 0.05) is 23.8 Å². The molecule has 1 aromatic rings. The maximum absolute atomic E-state index is 13.9. The Balaban J connectivity index is 2.30. The highest BCUT2D eigenvalue weighted by molar-refractivity contribution is 5.56. The summed E-state index contributed by atoms with van der Waals surface area (Å²) in [5.74, 6) is -0.462. The van der Waals surface area contributed by atoms with Crippen LogP contribution in [0.5, 0.6) is 0 Å². The van der Waals surface area contributed by atoms with E-state index in [-0.39, 0.29) is 12.6 Å². The number of alkyl halides is 3. The SMILES string of the molecule is CCNCc1c(F)cccc1N(CC(F)(F)F)C1CC1. The van der Waals surface area contributed by atoms with E-state index < -0.39 is 18.5 Å². The molecule has 0 heterocycles. The summed E-state index contributed by atoms with van der Waals surface area (Å²) in [7, 11) is 0. The van der Waals surface area contributed by atoms with E-state index in [1.165, 1.54) is 17.0 Å². The van der Waals surface area contributed by atoms with E-state index in [0.717, 1.165) is 12.8 Å². The summed E-state index contributed by atoms with van der Waals surface area (Å²) < 4.78 is 52.0. The van der Waals surface area contributed by atoms with Gasteiger partial charge in [0.1, 0.15) is 12.4 Å². The van der Waals surface area contributed by atoms with E-state index in [4.69, 9.17) is 0 Å². The molecule has 0 aliphatic heterocycles. The topological polar surface area (TPSA) is 15.3 Å². The van der Waals surface area contributed by atoms with Crippen LogP contribution in [0.2, 0.25) is 0 Å². The van der Waals surface area contributed by atoms with Crippen LogP contribution in [-0.2, 0) is 6.54 Å². The molecular formula is C14H18F4N2. The lowest BCUT2D eigenvalue weighted by Gasteiger charge is -2.28. The summed E-state index contributed by atoms with van der Waals surface area (Å²) in [5.41, 5.74) is 0.663. The van der Waals surface area contributed by atoms with Gasteiger partial charge in [-0.2, -0.15) is 13.2 Å². The number of benzene rings is 1. The highest BCUT2D eigenvalue weighted by Gasteiger charge is 2.39. The minimum absolute atomic E-state index is 0.126. The number of hydrogen-bond acceptors (Lipinski definition) is 2. The standard InChI is InChI=1S/C14H18F4N2/c1-2-19-8-11-12(15)4-3-5-13(11)20(10-6-7-10)9-14(16,17)18/h3-5,10,19H,2,6-9H2,1H3. The van der Waals surface area contributed by atoms with Gasteiger partial charge in [-0.15, -0.1) is 0 Å². The normalized spacial score (nSPS) is 15.4. The average molecular weight is 290 g/mol. The van der Waals surface area contributed by atoms with Crippen molar-refractivity contribution in [2.45, 2.75) is 38.5 Å². The molecule has 0 spiro atoms. The zero-order valence-electron chi connectivity index (χ0n) is 11.3. The molecule has 0 radical (unpaired) electrons. The Labute approximate surface area is 115 Å². The van der Waals surface area contributed by atoms with Gasteiger partial charge in [0.15, 0.2) is 0 Å². The Kier molecular flexibility index (Phi) is 4.52. The molecule has 112 valence electrons. The highest BCUT2D eigenvalue weighted by Crippen LogP contribution is 2.36. The molecule has 20 heavy (non-hydrogen) atoms. The largest absolute Gasteiger partial charge is 0.405 e. The Morgan fingerprint density at radius 3 is 2.55 bits per heavy atom. The van der Waals surface area contributed by atoms with E-state index in [9.17, 15) is 17.6 Å². The van der Waals surface area contributed by atoms with Gasteiger partial charge in [-0.05, 0) is 31.5 Å². The molecule has 0 unspecified atom stereocenters. The third-order valence-electron chi connectivity index (χ3n) is 3.29. The van der Waals surface area contributed by atoms with E-state index in [0.29, 0.717) is 17.8 Å². The molecule has 2 nitrogen and oxygen atoms in total. The Morgan fingerprint density at radius 1 is 1.30 bits per heavy atom. The third kappa shape index (κ3) is 3.85. The van der Waals surface area contributed by atoms with Crippen LogP contribution in [0.3, 0.4) is 0 Å². The molecule has 1 fully saturated rings. The Morgan fingerprint density at radius 2 is 2.00 bits per heavy atom. The van der Waals surface area contributed by atoms with Crippen molar-refractivity contribution in [1.29, 1.82) is 0 Å². The van der Waals surface area contributed by atoms with Gasteiger partial charge < -0.3 is 10.2 Å². The number of halogens is 4. The smallest absolute Gasteiger partial charge is 0.359 e. The average Bonchev–Trinajstić information content (AvgIpc) is 3.17. The Hall–Kier alpha value is -1.30. The lowest BCUT2D eigenvalue weighted by atomic mass is 10.1. The quantitative estimate of drug-likeness (QED) is 0.807. The Bertz CT molecular complexity index is 455. The van der Waals surface area contributed by atoms with Crippen LogP contribution < -0.4 is 10.2 Å². The van der Waals surface area contributed by atoms with Crippen molar-refractivity contribution >= 4 is 5.69 Å². The van der Waals surface area contributed by atoms with Gasteiger partial charge in [-0.3, -0.25) is 0 Å². The minimum atomic E-state index is -4.29. The molecule has 0 bridgehead atoms. The van der Waals surface area contributed by atoms with Gasteiger partial charge in [0.2, 0.25) is 0 Å². The van der Waals surface area contributed by atoms with Crippen molar-refractivity contribution in [3.8, 4) is 0 Å². The van der Waals surface area contributed by atoms with E-state index in [2.05, 4.69) is 5.32 Å². The molecule has 0 atom stereocenters. The first-order valence-corrected chi connectivity index (χ1v) is 6.74. The predicted octanol–water partition coefficient (Wildman–Crippen LogP) is 3.47. The molecule has 0 amide bonds. The van der Waals surface area contributed by atoms with Crippen LogP contribution in [0.1, 0.15) is 25.3 Å². The summed E-state index contributed by atoms with van der Waals surface area (Å²) in [6, 6.07) is 4.19. The summed E-state index contributed by atoms with van der Waals surface area (Å²) >= 11 is 0. The first kappa shape index (κ1) is 15.1. The van der Waals surface area contributed by atoms with Gasteiger partial charge in [0.05, 0.1) is 0 Å². The van der Waals surface area contributed by atoms with Crippen LogP contribution in [0.15, 0.2) is 18.2 Å². The van der Waals surface area contributed by atoms with Crippen LogP contribution in [0, 0.1) is 5.82 Å².